The van der Waals surface area contributed by atoms with Gasteiger partial charge in [-0.2, -0.15) is 0 Å². The Labute approximate surface area is 99.4 Å². The smallest absolute Gasteiger partial charge is 0.0110 e. The van der Waals surface area contributed by atoms with Crippen LogP contribution in [0.5, 0.6) is 0 Å². The Morgan fingerprint density at radius 3 is 0.875 bits per heavy atom. The van der Waals surface area contributed by atoms with E-state index in [9.17, 15) is 0 Å². The van der Waals surface area contributed by atoms with Crippen molar-refractivity contribution in [1.29, 1.82) is 0 Å². The fourth-order valence-corrected chi connectivity index (χ4v) is 3.38. The number of hydrogen-bond acceptors (Lipinski definition) is 3. The third-order valence-electron chi connectivity index (χ3n) is 4.76. The number of piperidine rings is 3. The lowest BCUT2D eigenvalue weighted by atomic mass is 9.89. The molecular weight excluding hydrogens is 198 g/mol. The van der Waals surface area contributed by atoms with Crippen LogP contribution in [0.15, 0.2) is 0 Å². The lowest BCUT2D eigenvalue weighted by Crippen LogP contribution is -2.55. The predicted octanol–water partition coefficient (Wildman–Crippen LogP) is 0.720. The molecule has 6 rings (SSSR count). The second kappa shape index (κ2) is 5.03. The Morgan fingerprint density at radius 2 is 0.750 bits per heavy atom. The summed E-state index contributed by atoms with van der Waals surface area (Å²) in [5, 5.41) is 0. The van der Waals surface area contributed by atoms with Crippen molar-refractivity contribution in [2.45, 2.75) is 19.3 Å². The van der Waals surface area contributed by atoms with Gasteiger partial charge in [-0.25, -0.2) is 0 Å². The largest absolute Gasteiger partial charge is 0.303 e. The van der Waals surface area contributed by atoms with Gasteiger partial charge in [-0.1, -0.05) is 0 Å². The molecule has 0 saturated carbocycles. The van der Waals surface area contributed by atoms with Crippen molar-refractivity contribution >= 4 is 0 Å². The van der Waals surface area contributed by atoms with Gasteiger partial charge in [0.25, 0.3) is 0 Å². The second-order valence-corrected chi connectivity index (χ2v) is 5.76. The maximum atomic E-state index is 2.58. The van der Waals surface area contributed by atoms with Gasteiger partial charge in [-0.15, -0.1) is 0 Å². The molecule has 6 aliphatic rings. The average Bonchev–Trinajstić information content (AvgIpc) is 2.44. The first-order valence-corrected chi connectivity index (χ1v) is 7.07. The van der Waals surface area contributed by atoms with Crippen LogP contribution >= 0.6 is 0 Å². The van der Waals surface area contributed by atoms with Crippen LogP contribution in [0, 0.1) is 5.92 Å². The lowest BCUT2D eigenvalue weighted by molar-refractivity contribution is 0.0647. The van der Waals surface area contributed by atoms with Gasteiger partial charge in [-0.3, -0.25) is 9.80 Å². The average molecular weight is 223 g/mol. The molecule has 16 heavy (non-hydrogen) atoms. The van der Waals surface area contributed by atoms with Crippen LogP contribution in [-0.4, -0.2) is 73.6 Å². The molecule has 0 aromatic rings. The molecule has 6 saturated heterocycles. The number of piperazine rings is 3. The highest BCUT2D eigenvalue weighted by molar-refractivity contribution is 4.79. The molecule has 4 bridgehead atoms. The summed E-state index contributed by atoms with van der Waals surface area (Å²) in [4.78, 5) is 7.67. The highest BCUT2D eigenvalue weighted by Gasteiger charge is 2.24. The zero-order chi connectivity index (χ0) is 10.8. The van der Waals surface area contributed by atoms with Gasteiger partial charge < -0.3 is 4.90 Å². The van der Waals surface area contributed by atoms with Crippen LogP contribution in [0.1, 0.15) is 19.3 Å². The van der Waals surface area contributed by atoms with Gasteiger partial charge in [0.2, 0.25) is 0 Å². The molecule has 0 amide bonds. The van der Waals surface area contributed by atoms with Gasteiger partial charge in [0.15, 0.2) is 0 Å². The highest BCUT2D eigenvalue weighted by atomic mass is 15.3. The van der Waals surface area contributed by atoms with E-state index < -0.39 is 0 Å². The number of nitrogens with zero attached hydrogens (tertiary/aromatic N) is 3. The van der Waals surface area contributed by atoms with Gasteiger partial charge >= 0.3 is 0 Å². The molecule has 0 aromatic heterocycles. The van der Waals surface area contributed by atoms with Crippen LogP contribution in [-0.2, 0) is 0 Å². The van der Waals surface area contributed by atoms with Crippen molar-refractivity contribution in [3.8, 4) is 0 Å². The highest BCUT2D eigenvalue weighted by Crippen LogP contribution is 2.26. The molecule has 3 heteroatoms. The lowest BCUT2D eigenvalue weighted by Gasteiger charge is -2.41. The van der Waals surface area contributed by atoms with Crippen LogP contribution in [0.3, 0.4) is 0 Å². The van der Waals surface area contributed by atoms with E-state index >= 15 is 0 Å². The fourth-order valence-electron chi connectivity index (χ4n) is 3.38. The van der Waals surface area contributed by atoms with Gasteiger partial charge in [0, 0.05) is 39.3 Å². The Balaban J connectivity index is 0.000000101. The van der Waals surface area contributed by atoms with Crippen molar-refractivity contribution in [2.24, 2.45) is 5.92 Å². The van der Waals surface area contributed by atoms with Crippen molar-refractivity contribution < 1.29 is 0 Å². The van der Waals surface area contributed by atoms with E-state index in [2.05, 4.69) is 14.7 Å². The quantitative estimate of drug-likeness (QED) is 0.599. The van der Waals surface area contributed by atoms with E-state index in [-0.39, 0.29) is 0 Å². The van der Waals surface area contributed by atoms with Crippen LogP contribution in [0.2, 0.25) is 0 Å². The Morgan fingerprint density at radius 1 is 0.438 bits per heavy atom. The van der Waals surface area contributed by atoms with E-state index in [4.69, 9.17) is 0 Å². The van der Waals surface area contributed by atoms with Gasteiger partial charge in [0.1, 0.15) is 0 Å². The minimum absolute atomic E-state index is 1.11. The Kier molecular flexibility index (Phi) is 3.46. The molecule has 3 nitrogen and oxygen atoms in total. The van der Waals surface area contributed by atoms with Gasteiger partial charge in [0.05, 0.1) is 0 Å². The van der Waals surface area contributed by atoms with E-state index in [1.165, 1.54) is 78.2 Å². The summed E-state index contributed by atoms with van der Waals surface area (Å²) in [6, 6.07) is 0. The molecule has 6 aliphatic heterocycles. The summed E-state index contributed by atoms with van der Waals surface area (Å²) in [6.45, 7) is 12.1. The monoisotopic (exact) mass is 223 g/mol. The molecule has 0 aliphatic carbocycles. The summed E-state index contributed by atoms with van der Waals surface area (Å²) in [5.74, 6) is 1.11. The number of rotatable bonds is 0. The summed E-state index contributed by atoms with van der Waals surface area (Å²) >= 11 is 0. The third-order valence-corrected chi connectivity index (χ3v) is 4.76. The topological polar surface area (TPSA) is 9.72 Å². The van der Waals surface area contributed by atoms with E-state index in [1.54, 1.807) is 0 Å². The zero-order valence-corrected chi connectivity index (χ0v) is 10.4. The predicted molar refractivity (Wildman–Crippen MR) is 66.7 cm³/mol. The number of hydrogen-bond donors (Lipinski definition) is 0. The molecule has 0 radical (unpaired) electrons. The second-order valence-electron chi connectivity index (χ2n) is 5.76. The molecule has 0 atom stereocenters. The molecule has 0 spiro atoms. The molecule has 92 valence electrons. The van der Waals surface area contributed by atoms with E-state index in [0.717, 1.165) is 5.92 Å². The normalized spacial score (nSPS) is 45.0. The SMILES string of the molecule is C1CN2CCC1CC2.C1CN2CCN1CC2. The first-order valence-electron chi connectivity index (χ1n) is 7.07. The molecule has 0 aromatic carbocycles. The maximum Gasteiger partial charge on any atom is 0.0110 e. The molecule has 6 heterocycles. The molecule has 6 fully saturated rings. The zero-order valence-electron chi connectivity index (χ0n) is 10.4. The molecular formula is C13H25N3. The van der Waals surface area contributed by atoms with Crippen molar-refractivity contribution in [1.82, 2.24) is 14.7 Å². The van der Waals surface area contributed by atoms with Crippen LogP contribution < -0.4 is 0 Å². The fraction of sp³-hybridized carbons (Fsp3) is 1.00. The maximum absolute atomic E-state index is 2.58. The van der Waals surface area contributed by atoms with Crippen LogP contribution in [0.25, 0.3) is 0 Å². The summed E-state index contributed by atoms with van der Waals surface area (Å²) < 4.78 is 0. The third kappa shape index (κ3) is 2.58. The van der Waals surface area contributed by atoms with Crippen molar-refractivity contribution in [2.75, 3.05) is 58.9 Å². The van der Waals surface area contributed by atoms with Crippen LogP contribution in [0.4, 0.5) is 0 Å². The van der Waals surface area contributed by atoms with Gasteiger partial charge in [-0.05, 0) is 44.8 Å². The minimum atomic E-state index is 1.11. The minimum Gasteiger partial charge on any atom is -0.303 e. The first kappa shape index (κ1) is 11.0. The Hall–Kier alpha value is -0.120. The standard InChI is InChI=1S/C7H13N.C6H12N2/c1-4-8-5-2-7(1)3-6-8;1-2-8-5-3-7(1)4-6-8/h7H,1-6H2;1-6H2. The number of fused-ring (bicyclic) bond motifs is 6. The molecule has 0 unspecified atom stereocenters. The summed E-state index contributed by atoms with van der Waals surface area (Å²) in [5.41, 5.74) is 0. The Bertz CT molecular complexity index is 145. The summed E-state index contributed by atoms with van der Waals surface area (Å²) in [6.07, 6.45) is 4.46. The first-order chi connectivity index (χ1) is 7.90. The molecule has 0 N–H and O–H groups in total. The van der Waals surface area contributed by atoms with E-state index in [1.807, 2.05) is 0 Å². The van der Waals surface area contributed by atoms with Crippen molar-refractivity contribution in [3.05, 3.63) is 0 Å². The summed E-state index contributed by atoms with van der Waals surface area (Å²) in [7, 11) is 0. The van der Waals surface area contributed by atoms with Crippen molar-refractivity contribution in [3.63, 3.8) is 0 Å². The van der Waals surface area contributed by atoms with E-state index in [0.29, 0.717) is 0 Å².